The maximum absolute atomic E-state index is 12.5. The molecule has 0 bridgehead atoms. The van der Waals surface area contributed by atoms with E-state index in [0.29, 0.717) is 10.6 Å². The first-order valence-corrected chi connectivity index (χ1v) is 9.97. The first kappa shape index (κ1) is 20.4. The Labute approximate surface area is 173 Å². The minimum atomic E-state index is -0.456. The number of benzene rings is 2. The van der Waals surface area contributed by atoms with E-state index in [4.69, 9.17) is 9.47 Å². The lowest BCUT2D eigenvalue weighted by Crippen LogP contribution is -2.12. The molecule has 29 heavy (non-hydrogen) atoms. The molecule has 0 radical (unpaired) electrons. The molecule has 1 N–H and O–H groups in total. The first-order chi connectivity index (χ1) is 14.1. The van der Waals surface area contributed by atoms with Gasteiger partial charge in [-0.1, -0.05) is 42.5 Å². The van der Waals surface area contributed by atoms with E-state index in [1.807, 2.05) is 60.0 Å². The summed E-state index contributed by atoms with van der Waals surface area (Å²) >= 11 is 1.30. The predicted octanol–water partition coefficient (Wildman–Crippen LogP) is 5.25. The van der Waals surface area contributed by atoms with Gasteiger partial charge in [0.25, 0.3) is 0 Å². The zero-order valence-electron chi connectivity index (χ0n) is 16.2. The number of rotatable bonds is 7. The maximum Gasteiger partial charge on any atom is 0.341 e. The predicted molar refractivity (Wildman–Crippen MR) is 116 cm³/mol. The summed E-state index contributed by atoms with van der Waals surface area (Å²) in [6.45, 7) is 2.01. The van der Waals surface area contributed by atoms with Crippen LogP contribution in [0.4, 0.5) is 5.00 Å². The molecule has 3 rings (SSSR count). The lowest BCUT2D eigenvalue weighted by molar-refractivity contribution is -0.111. The molecule has 1 amide bonds. The second-order valence-electron chi connectivity index (χ2n) is 6.04. The number of ether oxygens (including phenoxy) is 2. The lowest BCUT2D eigenvalue weighted by Gasteiger charge is -2.08. The minimum Gasteiger partial charge on any atom is -0.497 e. The van der Waals surface area contributed by atoms with Crippen molar-refractivity contribution in [3.63, 3.8) is 0 Å². The SMILES string of the molecule is CCOC(=O)c1c(-c2ccccc2)csc1NC(=O)/C=C/c1ccc(OC)cc1. The average Bonchev–Trinajstić information content (AvgIpc) is 3.17. The number of hydrogen-bond acceptors (Lipinski definition) is 5. The summed E-state index contributed by atoms with van der Waals surface area (Å²) in [5.41, 5.74) is 2.86. The fourth-order valence-electron chi connectivity index (χ4n) is 2.73. The van der Waals surface area contributed by atoms with E-state index in [0.717, 1.165) is 22.4 Å². The Morgan fingerprint density at radius 1 is 1.07 bits per heavy atom. The molecule has 0 unspecified atom stereocenters. The highest BCUT2D eigenvalue weighted by molar-refractivity contribution is 7.15. The molecule has 6 heteroatoms. The van der Waals surface area contributed by atoms with Gasteiger partial charge in [-0.3, -0.25) is 4.79 Å². The summed E-state index contributed by atoms with van der Waals surface area (Å²) in [7, 11) is 1.60. The van der Waals surface area contributed by atoms with Crippen molar-refractivity contribution in [3.8, 4) is 16.9 Å². The quantitative estimate of drug-likeness (QED) is 0.429. The van der Waals surface area contributed by atoms with Crippen molar-refractivity contribution < 1.29 is 19.1 Å². The largest absolute Gasteiger partial charge is 0.497 e. The second-order valence-corrected chi connectivity index (χ2v) is 6.92. The summed E-state index contributed by atoms with van der Waals surface area (Å²) in [4.78, 5) is 25.0. The number of anilines is 1. The molecule has 0 fully saturated rings. The number of amides is 1. The van der Waals surface area contributed by atoms with E-state index in [-0.39, 0.29) is 12.5 Å². The zero-order valence-corrected chi connectivity index (χ0v) is 17.0. The molecule has 3 aromatic rings. The molecule has 5 nitrogen and oxygen atoms in total. The van der Waals surface area contributed by atoms with E-state index in [1.54, 1.807) is 20.1 Å². The van der Waals surface area contributed by atoms with Crippen LogP contribution < -0.4 is 10.1 Å². The highest BCUT2D eigenvalue weighted by atomic mass is 32.1. The lowest BCUT2D eigenvalue weighted by atomic mass is 10.0. The fraction of sp³-hybridized carbons (Fsp3) is 0.130. The molecule has 0 saturated carbocycles. The third-order valence-corrected chi connectivity index (χ3v) is 5.03. The Balaban J connectivity index is 1.82. The van der Waals surface area contributed by atoms with Gasteiger partial charge in [0.1, 0.15) is 16.3 Å². The molecule has 0 aliphatic rings. The Kier molecular flexibility index (Phi) is 6.81. The van der Waals surface area contributed by atoms with Crippen molar-refractivity contribution in [2.24, 2.45) is 0 Å². The molecule has 0 aliphatic carbocycles. The van der Waals surface area contributed by atoms with Gasteiger partial charge in [-0.2, -0.15) is 0 Å². The van der Waals surface area contributed by atoms with Crippen LogP contribution in [0.25, 0.3) is 17.2 Å². The number of esters is 1. The van der Waals surface area contributed by atoms with Crippen LogP contribution >= 0.6 is 11.3 Å². The molecular formula is C23H21NO4S. The van der Waals surface area contributed by atoms with Crippen LogP contribution in [-0.4, -0.2) is 25.6 Å². The third kappa shape index (κ3) is 5.12. The number of carbonyl (C=O) groups is 2. The molecule has 0 atom stereocenters. The van der Waals surface area contributed by atoms with Crippen LogP contribution in [0.15, 0.2) is 66.1 Å². The fourth-order valence-corrected chi connectivity index (χ4v) is 3.69. The zero-order chi connectivity index (χ0) is 20.6. The van der Waals surface area contributed by atoms with E-state index >= 15 is 0 Å². The molecular weight excluding hydrogens is 386 g/mol. The van der Waals surface area contributed by atoms with Gasteiger partial charge >= 0.3 is 5.97 Å². The Morgan fingerprint density at radius 3 is 2.45 bits per heavy atom. The van der Waals surface area contributed by atoms with Gasteiger partial charge in [0.05, 0.1) is 13.7 Å². The molecule has 0 saturated heterocycles. The van der Waals surface area contributed by atoms with Crippen LogP contribution in [0.3, 0.4) is 0 Å². The number of nitrogens with one attached hydrogen (secondary N) is 1. The van der Waals surface area contributed by atoms with E-state index < -0.39 is 5.97 Å². The maximum atomic E-state index is 12.5. The standard InChI is InChI=1S/C23H21NO4S/c1-3-28-23(26)21-19(17-7-5-4-6-8-17)15-29-22(21)24-20(25)14-11-16-9-12-18(27-2)13-10-16/h4-15H,3H2,1-2H3,(H,24,25)/b14-11+. The van der Waals surface area contributed by atoms with Crippen molar-refractivity contribution in [2.75, 3.05) is 19.0 Å². The number of methoxy groups -OCH3 is 1. The highest BCUT2D eigenvalue weighted by Crippen LogP contribution is 2.36. The van der Waals surface area contributed by atoms with Crippen LogP contribution in [0.2, 0.25) is 0 Å². The van der Waals surface area contributed by atoms with Crippen LogP contribution in [-0.2, 0) is 9.53 Å². The molecule has 0 spiro atoms. The topological polar surface area (TPSA) is 64.6 Å². The molecule has 148 valence electrons. The van der Waals surface area contributed by atoms with E-state index in [1.165, 1.54) is 17.4 Å². The van der Waals surface area contributed by atoms with Gasteiger partial charge < -0.3 is 14.8 Å². The first-order valence-electron chi connectivity index (χ1n) is 9.09. The number of hydrogen-bond donors (Lipinski definition) is 1. The van der Waals surface area contributed by atoms with Gasteiger partial charge in [0, 0.05) is 17.0 Å². The van der Waals surface area contributed by atoms with Gasteiger partial charge in [0.15, 0.2) is 0 Å². The van der Waals surface area contributed by atoms with Crippen molar-refractivity contribution in [1.82, 2.24) is 0 Å². The summed E-state index contributed by atoms with van der Waals surface area (Å²) in [5, 5.41) is 5.12. The highest BCUT2D eigenvalue weighted by Gasteiger charge is 2.22. The summed E-state index contributed by atoms with van der Waals surface area (Å²) < 4.78 is 10.3. The van der Waals surface area contributed by atoms with Crippen molar-refractivity contribution >= 4 is 34.3 Å². The van der Waals surface area contributed by atoms with Crippen molar-refractivity contribution in [2.45, 2.75) is 6.92 Å². The Hall–Kier alpha value is -3.38. The number of carbonyl (C=O) groups excluding carboxylic acids is 2. The van der Waals surface area contributed by atoms with Crippen LogP contribution in [0.5, 0.6) is 5.75 Å². The molecule has 0 aliphatic heterocycles. The van der Waals surface area contributed by atoms with Gasteiger partial charge in [-0.15, -0.1) is 11.3 Å². The number of thiophene rings is 1. The smallest absolute Gasteiger partial charge is 0.341 e. The van der Waals surface area contributed by atoms with Gasteiger partial charge in [0.2, 0.25) is 5.91 Å². The minimum absolute atomic E-state index is 0.258. The normalized spacial score (nSPS) is 10.7. The van der Waals surface area contributed by atoms with Crippen molar-refractivity contribution in [1.29, 1.82) is 0 Å². The van der Waals surface area contributed by atoms with Crippen LogP contribution in [0, 0.1) is 0 Å². The average molecular weight is 407 g/mol. The third-order valence-electron chi connectivity index (χ3n) is 4.14. The Bertz CT molecular complexity index is 1010. The molecule has 1 heterocycles. The van der Waals surface area contributed by atoms with Gasteiger partial charge in [-0.05, 0) is 36.3 Å². The summed E-state index contributed by atoms with van der Waals surface area (Å²) in [6, 6.07) is 16.9. The van der Waals surface area contributed by atoms with E-state index in [9.17, 15) is 9.59 Å². The Morgan fingerprint density at radius 2 is 1.79 bits per heavy atom. The monoisotopic (exact) mass is 407 g/mol. The summed E-state index contributed by atoms with van der Waals surface area (Å²) in [6.07, 6.45) is 3.13. The molecule has 2 aromatic carbocycles. The second kappa shape index (κ2) is 9.71. The van der Waals surface area contributed by atoms with E-state index in [2.05, 4.69) is 5.32 Å². The molecule has 1 aromatic heterocycles. The van der Waals surface area contributed by atoms with Crippen molar-refractivity contribution in [3.05, 3.63) is 77.2 Å². The van der Waals surface area contributed by atoms with Gasteiger partial charge in [-0.25, -0.2) is 4.79 Å². The summed E-state index contributed by atoms with van der Waals surface area (Å²) in [5.74, 6) is -0.0347. The van der Waals surface area contributed by atoms with Crippen LogP contribution in [0.1, 0.15) is 22.8 Å².